The first-order chi connectivity index (χ1) is 28.9. The number of phosphoric acid groups is 1. The molecule has 0 bridgehead atoms. The molecule has 6 unspecified atom stereocenters. The van der Waals surface area contributed by atoms with Crippen molar-refractivity contribution in [2.45, 2.75) is 217 Å². The summed E-state index contributed by atoms with van der Waals surface area (Å²) in [6.07, 6.45) is 28.8. The molecule has 0 aromatic heterocycles. The maximum atomic E-state index is 12.8. The highest BCUT2D eigenvalue weighted by atomic mass is 31.2. The lowest BCUT2D eigenvalue weighted by Gasteiger charge is -2.41. The van der Waals surface area contributed by atoms with E-state index in [0.717, 1.165) is 83.5 Å². The average Bonchev–Trinajstić information content (AvgIpc) is 3.23. The van der Waals surface area contributed by atoms with E-state index in [-0.39, 0.29) is 12.8 Å². The molecule has 60 heavy (non-hydrogen) atoms. The molecule has 0 spiro atoms. The first-order valence-corrected chi connectivity index (χ1v) is 24.4. The molecule has 1 aliphatic rings. The lowest BCUT2D eigenvalue weighted by atomic mass is 9.85. The highest BCUT2D eigenvalue weighted by molar-refractivity contribution is 7.47. The predicted octanol–water partition coefficient (Wildman–Crippen LogP) is 8.78. The number of hydrogen-bond acceptors (Lipinski definition) is 12. The highest BCUT2D eigenvalue weighted by Gasteiger charge is 2.51. The second kappa shape index (κ2) is 36.3. The fourth-order valence-electron chi connectivity index (χ4n) is 6.75. The van der Waals surface area contributed by atoms with Crippen LogP contribution in [0.5, 0.6) is 0 Å². The van der Waals surface area contributed by atoms with Crippen LogP contribution in [0.1, 0.15) is 174 Å². The van der Waals surface area contributed by atoms with Crippen LogP contribution >= 0.6 is 7.82 Å². The van der Waals surface area contributed by atoms with Crippen LogP contribution in [0.25, 0.3) is 0 Å². The maximum absolute atomic E-state index is 12.8. The summed E-state index contributed by atoms with van der Waals surface area (Å²) in [5, 5.41) is 50.1. The largest absolute Gasteiger partial charge is 0.472 e. The van der Waals surface area contributed by atoms with E-state index in [1.54, 1.807) is 0 Å². The molecule has 348 valence electrons. The number of rotatable bonds is 37. The highest BCUT2D eigenvalue weighted by Crippen LogP contribution is 2.47. The number of phosphoric ester groups is 1. The van der Waals surface area contributed by atoms with Crippen molar-refractivity contribution in [2.24, 2.45) is 0 Å². The third-order valence-electron chi connectivity index (χ3n) is 10.4. The number of aliphatic hydroxyl groups excluding tert-OH is 5. The van der Waals surface area contributed by atoms with Gasteiger partial charge in [-0.25, -0.2) is 4.57 Å². The average molecular weight is 873 g/mol. The molecule has 6 N–H and O–H groups in total. The van der Waals surface area contributed by atoms with Crippen LogP contribution in [0.15, 0.2) is 48.6 Å². The Morgan fingerprint density at radius 3 is 1.45 bits per heavy atom. The van der Waals surface area contributed by atoms with Crippen LogP contribution in [0.3, 0.4) is 0 Å². The van der Waals surface area contributed by atoms with Gasteiger partial charge >= 0.3 is 19.8 Å². The van der Waals surface area contributed by atoms with E-state index in [4.69, 9.17) is 18.5 Å². The van der Waals surface area contributed by atoms with Crippen molar-refractivity contribution in [1.82, 2.24) is 0 Å². The van der Waals surface area contributed by atoms with Crippen LogP contribution in [0, 0.1) is 0 Å². The third kappa shape index (κ3) is 28.4. The summed E-state index contributed by atoms with van der Waals surface area (Å²) in [5.41, 5.74) is 0. The molecule has 6 atom stereocenters. The molecule has 1 fully saturated rings. The van der Waals surface area contributed by atoms with Crippen LogP contribution in [-0.4, -0.2) is 98.3 Å². The third-order valence-corrected chi connectivity index (χ3v) is 11.4. The fourth-order valence-corrected chi connectivity index (χ4v) is 7.72. The maximum Gasteiger partial charge on any atom is 0.472 e. The van der Waals surface area contributed by atoms with Crippen molar-refractivity contribution in [2.75, 3.05) is 13.2 Å². The molecule has 1 aliphatic carbocycles. The van der Waals surface area contributed by atoms with Gasteiger partial charge in [0.05, 0.1) is 6.61 Å². The molecule has 0 amide bonds. The van der Waals surface area contributed by atoms with E-state index in [9.17, 15) is 44.6 Å². The summed E-state index contributed by atoms with van der Waals surface area (Å²) in [7, 11) is -5.12. The zero-order chi connectivity index (χ0) is 44.3. The fraction of sp³-hybridized carbons (Fsp3) is 0.783. The summed E-state index contributed by atoms with van der Waals surface area (Å²) < 4.78 is 33.5. The van der Waals surface area contributed by atoms with Gasteiger partial charge in [-0.05, 0) is 51.4 Å². The number of ether oxygens (including phenoxy) is 2. The number of hydrogen-bond donors (Lipinski definition) is 6. The van der Waals surface area contributed by atoms with Gasteiger partial charge in [-0.15, -0.1) is 0 Å². The minimum absolute atomic E-state index is 0.0805. The zero-order valence-electron chi connectivity index (χ0n) is 36.7. The number of unbranched alkanes of at least 4 members (excludes halogenated alkanes) is 17. The van der Waals surface area contributed by atoms with Gasteiger partial charge in [0.25, 0.3) is 0 Å². The molecule has 0 aliphatic heterocycles. The van der Waals surface area contributed by atoms with E-state index >= 15 is 0 Å². The van der Waals surface area contributed by atoms with Gasteiger partial charge in [0.15, 0.2) is 6.10 Å². The van der Waals surface area contributed by atoms with Crippen LogP contribution in [-0.2, 0) is 32.7 Å². The molecular formula is C46H81O13P. The molecular weight excluding hydrogens is 791 g/mol. The molecule has 0 aromatic rings. The van der Waals surface area contributed by atoms with Crippen molar-refractivity contribution in [1.29, 1.82) is 0 Å². The van der Waals surface area contributed by atoms with E-state index < -0.39 is 75.7 Å². The lowest BCUT2D eigenvalue weighted by Crippen LogP contribution is -2.64. The minimum Gasteiger partial charge on any atom is -0.462 e. The molecule has 0 saturated heterocycles. The normalized spacial score (nSPS) is 22.6. The lowest BCUT2D eigenvalue weighted by molar-refractivity contribution is -0.220. The van der Waals surface area contributed by atoms with Gasteiger partial charge in [0.1, 0.15) is 43.2 Å². The van der Waals surface area contributed by atoms with Crippen molar-refractivity contribution in [3.05, 3.63) is 48.6 Å². The zero-order valence-corrected chi connectivity index (χ0v) is 37.6. The van der Waals surface area contributed by atoms with E-state index in [1.807, 2.05) is 0 Å². The quantitative estimate of drug-likeness (QED) is 0.0149. The monoisotopic (exact) mass is 873 g/mol. The van der Waals surface area contributed by atoms with E-state index in [0.29, 0.717) is 12.8 Å². The Kier molecular flexibility index (Phi) is 33.8. The Morgan fingerprint density at radius 2 is 0.950 bits per heavy atom. The van der Waals surface area contributed by atoms with E-state index in [1.165, 1.54) is 51.4 Å². The number of aliphatic hydroxyl groups is 5. The van der Waals surface area contributed by atoms with Gasteiger partial charge in [-0.2, -0.15) is 0 Å². The van der Waals surface area contributed by atoms with Gasteiger partial charge in [0, 0.05) is 12.8 Å². The Labute approximate surface area is 360 Å². The summed E-state index contributed by atoms with van der Waals surface area (Å²) in [6.45, 7) is 3.16. The summed E-state index contributed by atoms with van der Waals surface area (Å²) in [4.78, 5) is 35.7. The van der Waals surface area contributed by atoms with Crippen molar-refractivity contribution < 1.29 is 63.1 Å². The summed E-state index contributed by atoms with van der Waals surface area (Å²) >= 11 is 0. The molecule has 13 nitrogen and oxygen atoms in total. The van der Waals surface area contributed by atoms with Crippen LogP contribution in [0.2, 0.25) is 0 Å². The van der Waals surface area contributed by atoms with Gasteiger partial charge < -0.3 is 39.9 Å². The Hall–Kier alpha value is -2.19. The second-order valence-electron chi connectivity index (χ2n) is 15.9. The number of carbonyl (C=O) groups is 2. The number of carbonyl (C=O) groups excluding carboxylic acids is 2. The molecule has 1 saturated carbocycles. The Morgan fingerprint density at radius 1 is 0.533 bits per heavy atom. The Balaban J connectivity index is 2.46. The Bertz CT molecular complexity index is 1240. The first-order valence-electron chi connectivity index (χ1n) is 22.9. The van der Waals surface area contributed by atoms with Crippen LogP contribution in [0.4, 0.5) is 0 Å². The molecule has 0 aromatic carbocycles. The standard InChI is InChI=1S/C46H81O13P/c1-3-5-7-9-11-13-15-17-18-19-20-21-22-23-25-27-29-31-33-35-40(48)58-38(36-56-39(47)34-32-30-28-26-24-16-14-12-10-8-6-4-2)37-57-60(54,55)59-46-44(52)42(50)41(49)43(51)45(46)53/h5,7,11,13,17-18,20-21,38,41-46,49-53H,3-4,6,8-10,12,14-16,19,22-37H2,1-2H3,(H,54,55)/b7-5-,13-11-,18-17-,21-20-. The van der Waals surface area contributed by atoms with Crippen molar-refractivity contribution in [3.63, 3.8) is 0 Å². The van der Waals surface area contributed by atoms with E-state index in [2.05, 4.69) is 62.5 Å². The molecule has 0 radical (unpaired) electrons. The van der Waals surface area contributed by atoms with Gasteiger partial charge in [-0.1, -0.05) is 159 Å². The van der Waals surface area contributed by atoms with Crippen LogP contribution < -0.4 is 0 Å². The smallest absolute Gasteiger partial charge is 0.462 e. The van der Waals surface area contributed by atoms with Gasteiger partial charge in [0.2, 0.25) is 0 Å². The van der Waals surface area contributed by atoms with Crippen molar-refractivity contribution in [3.8, 4) is 0 Å². The summed E-state index contributed by atoms with van der Waals surface area (Å²) in [6, 6.07) is 0. The molecule has 1 rings (SSSR count). The summed E-state index contributed by atoms with van der Waals surface area (Å²) in [5.74, 6) is -1.12. The molecule has 14 heteroatoms. The number of allylic oxidation sites excluding steroid dienone is 8. The molecule has 0 heterocycles. The second-order valence-corrected chi connectivity index (χ2v) is 17.3. The predicted molar refractivity (Wildman–Crippen MR) is 235 cm³/mol. The van der Waals surface area contributed by atoms with Gasteiger partial charge in [-0.3, -0.25) is 18.6 Å². The SMILES string of the molecule is CC/C=C\C/C=C\C/C=C\C/C=C\CCCCCCCCC(=O)OC(COC(=O)CCCCCCCCCCCCCC)COP(=O)(O)OC1C(O)C(O)C(O)C(O)C1O. The number of esters is 2. The van der Waals surface area contributed by atoms with Crippen molar-refractivity contribution >= 4 is 19.8 Å². The minimum atomic E-state index is -5.12. The first kappa shape index (κ1) is 55.8. The topological polar surface area (TPSA) is 210 Å².